The van der Waals surface area contributed by atoms with Crippen LogP contribution in [0.5, 0.6) is 0 Å². The number of hydrogen-bond acceptors (Lipinski definition) is 2. The second-order valence-electron chi connectivity index (χ2n) is 1.98. The van der Waals surface area contributed by atoms with Crippen LogP contribution in [0.3, 0.4) is 0 Å². The molecule has 2 nitrogen and oxygen atoms in total. The van der Waals surface area contributed by atoms with Crippen molar-refractivity contribution >= 4 is 5.78 Å². The number of rotatable bonds is 1. The van der Waals surface area contributed by atoms with Crippen LogP contribution in [0.25, 0.3) is 0 Å². The lowest BCUT2D eigenvalue weighted by atomic mass is 9.88. The first-order chi connectivity index (χ1) is 4.72. The molecule has 0 saturated heterocycles. The van der Waals surface area contributed by atoms with Crippen LogP contribution in [0.4, 0.5) is 0 Å². The van der Waals surface area contributed by atoms with Crippen molar-refractivity contribution in [2.75, 3.05) is 0 Å². The molecule has 0 N–H and O–H groups in total. The number of ketones is 1. The Hall–Kier alpha value is -1.31. The smallest absolute Gasteiger partial charge is 0.191 e. The maximum absolute atomic E-state index is 10.8. The topological polar surface area (TPSA) is 40.1 Å². The second-order valence-corrected chi connectivity index (χ2v) is 1.98. The van der Waals surface area contributed by atoms with E-state index in [4.69, 9.17) is 0 Å². The lowest BCUT2D eigenvalue weighted by Crippen LogP contribution is -2.28. The zero-order chi connectivity index (χ0) is 7.72. The molecule has 0 saturated carbocycles. The molecule has 10 heavy (non-hydrogen) atoms. The molecule has 0 bridgehead atoms. The standard InChI is InChI=1S/C8H8O2/c1-3-5-7(9)6(4-2)8(5)10/h3-4,9H,1H2,2H3/p-1. The Morgan fingerprint density at radius 3 is 2.50 bits per heavy atom. The van der Waals surface area contributed by atoms with Crippen LogP contribution in [0, 0.1) is 0 Å². The van der Waals surface area contributed by atoms with E-state index < -0.39 is 0 Å². The molecule has 0 radical (unpaired) electrons. The molecule has 0 aromatic rings. The van der Waals surface area contributed by atoms with Crippen molar-refractivity contribution in [3.8, 4) is 0 Å². The minimum absolute atomic E-state index is 0.178. The van der Waals surface area contributed by atoms with Crippen LogP contribution in [0.2, 0.25) is 0 Å². The molecule has 0 spiro atoms. The van der Waals surface area contributed by atoms with Gasteiger partial charge in [-0.1, -0.05) is 24.5 Å². The first-order valence-corrected chi connectivity index (χ1v) is 2.97. The molecule has 0 fully saturated rings. The maximum Gasteiger partial charge on any atom is 0.191 e. The predicted molar refractivity (Wildman–Crippen MR) is 36.0 cm³/mol. The van der Waals surface area contributed by atoms with Crippen LogP contribution in [-0.2, 0) is 4.79 Å². The van der Waals surface area contributed by atoms with Crippen LogP contribution >= 0.6 is 0 Å². The summed E-state index contributed by atoms with van der Waals surface area (Å²) < 4.78 is 0. The summed E-state index contributed by atoms with van der Waals surface area (Å²) in [6.07, 6.45) is 2.83. The minimum atomic E-state index is -0.178. The quantitative estimate of drug-likeness (QED) is 0.485. The van der Waals surface area contributed by atoms with E-state index in [2.05, 4.69) is 6.58 Å². The average Bonchev–Trinajstić information content (AvgIpc) is 1.90. The van der Waals surface area contributed by atoms with E-state index in [1.54, 1.807) is 6.92 Å². The van der Waals surface area contributed by atoms with Gasteiger partial charge in [0.25, 0.3) is 0 Å². The van der Waals surface area contributed by atoms with Crippen LogP contribution in [0.1, 0.15) is 6.92 Å². The molecule has 0 unspecified atom stereocenters. The van der Waals surface area contributed by atoms with Gasteiger partial charge in [0.15, 0.2) is 5.78 Å². The van der Waals surface area contributed by atoms with E-state index in [-0.39, 0.29) is 22.7 Å². The Balaban J connectivity index is 3.10. The van der Waals surface area contributed by atoms with Gasteiger partial charge in [0, 0.05) is 11.1 Å². The lowest BCUT2D eigenvalue weighted by Gasteiger charge is -2.27. The highest BCUT2D eigenvalue weighted by Gasteiger charge is 2.22. The fraction of sp³-hybridized carbons (Fsp3) is 0.125. The van der Waals surface area contributed by atoms with Crippen molar-refractivity contribution in [1.29, 1.82) is 0 Å². The number of hydrogen-bond donors (Lipinski definition) is 0. The molecule has 0 atom stereocenters. The fourth-order valence-corrected chi connectivity index (χ4v) is 0.881. The first kappa shape index (κ1) is 6.81. The zero-order valence-corrected chi connectivity index (χ0v) is 5.68. The first-order valence-electron chi connectivity index (χ1n) is 2.97. The van der Waals surface area contributed by atoms with Crippen LogP contribution < -0.4 is 5.11 Å². The molecule has 0 aromatic heterocycles. The largest absolute Gasteiger partial charge is 0.871 e. The number of Topliss-reactive ketones (excluding diaryl/α,β-unsaturated/α-hetero) is 1. The van der Waals surface area contributed by atoms with E-state index in [1.165, 1.54) is 12.2 Å². The van der Waals surface area contributed by atoms with Gasteiger partial charge in [0.1, 0.15) is 0 Å². The molecular weight excluding hydrogens is 128 g/mol. The summed E-state index contributed by atoms with van der Waals surface area (Å²) in [6.45, 7) is 5.02. The summed E-state index contributed by atoms with van der Waals surface area (Å²) in [7, 11) is 0. The summed E-state index contributed by atoms with van der Waals surface area (Å²) in [5.41, 5.74) is 0.503. The van der Waals surface area contributed by atoms with Gasteiger partial charge < -0.3 is 5.11 Å². The van der Waals surface area contributed by atoms with Gasteiger partial charge in [-0.25, -0.2) is 0 Å². The van der Waals surface area contributed by atoms with E-state index in [1.807, 2.05) is 0 Å². The third-order valence-corrected chi connectivity index (χ3v) is 1.47. The molecule has 0 amide bonds. The Kier molecular flexibility index (Phi) is 1.45. The summed E-state index contributed by atoms with van der Waals surface area (Å²) >= 11 is 0. The van der Waals surface area contributed by atoms with E-state index >= 15 is 0 Å². The van der Waals surface area contributed by atoms with Gasteiger partial charge in [-0.15, -0.1) is 0 Å². The molecule has 0 heterocycles. The monoisotopic (exact) mass is 135 g/mol. The van der Waals surface area contributed by atoms with Gasteiger partial charge in [-0.2, -0.15) is 0 Å². The Morgan fingerprint density at radius 2 is 2.20 bits per heavy atom. The van der Waals surface area contributed by atoms with E-state index in [0.29, 0.717) is 0 Å². The van der Waals surface area contributed by atoms with Crippen molar-refractivity contribution < 1.29 is 9.90 Å². The summed E-state index contributed by atoms with van der Waals surface area (Å²) in [6, 6.07) is 0. The second kappa shape index (κ2) is 2.14. The maximum atomic E-state index is 10.8. The molecule has 52 valence electrons. The van der Waals surface area contributed by atoms with Crippen molar-refractivity contribution in [3.05, 3.63) is 35.6 Å². The summed E-state index contributed by atoms with van der Waals surface area (Å²) in [5, 5.41) is 10.8. The zero-order valence-electron chi connectivity index (χ0n) is 5.68. The molecule has 1 aliphatic rings. The van der Waals surface area contributed by atoms with E-state index in [0.717, 1.165) is 0 Å². The fourth-order valence-electron chi connectivity index (χ4n) is 0.881. The van der Waals surface area contributed by atoms with Gasteiger partial charge in [0.05, 0.1) is 0 Å². The number of carbonyl (C=O) groups is 1. The molecular formula is C8H7O2-. The minimum Gasteiger partial charge on any atom is -0.871 e. The average molecular weight is 135 g/mol. The number of carbonyl (C=O) groups excluding carboxylic acids is 1. The Bertz CT molecular complexity index is 256. The van der Waals surface area contributed by atoms with Gasteiger partial charge in [0.2, 0.25) is 0 Å². The molecule has 0 aliphatic heterocycles. The SMILES string of the molecule is C=CC1=C([O-])C(=CC)C1=O. The van der Waals surface area contributed by atoms with Crippen molar-refractivity contribution in [2.24, 2.45) is 0 Å². The Labute approximate surface area is 59.2 Å². The highest BCUT2D eigenvalue weighted by atomic mass is 16.3. The van der Waals surface area contributed by atoms with Crippen LogP contribution in [-0.4, -0.2) is 5.78 Å². The highest BCUT2D eigenvalue weighted by Crippen LogP contribution is 2.25. The van der Waals surface area contributed by atoms with Crippen molar-refractivity contribution in [2.45, 2.75) is 6.92 Å². The molecule has 2 heteroatoms. The van der Waals surface area contributed by atoms with Gasteiger partial charge in [-0.05, 0) is 6.92 Å². The van der Waals surface area contributed by atoms with Gasteiger partial charge >= 0.3 is 0 Å². The number of allylic oxidation sites excluding steroid dienone is 4. The van der Waals surface area contributed by atoms with Gasteiger partial charge in [-0.3, -0.25) is 4.79 Å². The summed E-state index contributed by atoms with van der Waals surface area (Å²) in [4.78, 5) is 10.8. The third kappa shape index (κ3) is 0.620. The predicted octanol–water partition coefficient (Wildman–Crippen LogP) is 0.316. The lowest BCUT2D eigenvalue weighted by molar-refractivity contribution is -0.300. The molecule has 1 aliphatic carbocycles. The third-order valence-electron chi connectivity index (χ3n) is 1.47. The van der Waals surface area contributed by atoms with Crippen molar-refractivity contribution in [1.82, 2.24) is 0 Å². The molecule has 1 rings (SSSR count). The summed E-state index contributed by atoms with van der Waals surface area (Å²) in [5.74, 6) is -0.356. The van der Waals surface area contributed by atoms with E-state index in [9.17, 15) is 9.90 Å². The highest BCUT2D eigenvalue weighted by molar-refractivity contribution is 6.20. The molecule has 0 aromatic carbocycles. The van der Waals surface area contributed by atoms with Crippen LogP contribution in [0.15, 0.2) is 35.6 Å². The normalized spacial score (nSPS) is 21.3. The Morgan fingerprint density at radius 1 is 1.60 bits per heavy atom. The van der Waals surface area contributed by atoms with Crippen molar-refractivity contribution in [3.63, 3.8) is 0 Å².